The van der Waals surface area contributed by atoms with Gasteiger partial charge in [0.1, 0.15) is 5.75 Å². The van der Waals surface area contributed by atoms with E-state index in [0.717, 1.165) is 18.4 Å². The first-order valence-electron chi connectivity index (χ1n) is 10.3. The minimum Gasteiger partial charge on any atom is -0.496 e. The summed E-state index contributed by atoms with van der Waals surface area (Å²) in [6.45, 7) is 1.37. The van der Waals surface area contributed by atoms with E-state index in [1.807, 2.05) is 29.1 Å². The normalized spacial score (nSPS) is 14.4. The monoisotopic (exact) mass is 473 g/mol. The zero-order chi connectivity index (χ0) is 22.7. The molecule has 1 aliphatic rings. The summed E-state index contributed by atoms with van der Waals surface area (Å²) in [5.41, 5.74) is 1.81. The molecule has 0 aliphatic carbocycles. The molecule has 0 radical (unpaired) electrons. The van der Waals surface area contributed by atoms with Gasteiger partial charge in [0.2, 0.25) is 10.0 Å². The third-order valence-electron chi connectivity index (χ3n) is 5.48. The maximum Gasteiger partial charge on any atom is 0.255 e. The second kappa shape index (κ2) is 9.36. The third kappa shape index (κ3) is 4.53. The smallest absolute Gasteiger partial charge is 0.255 e. The topological polar surface area (TPSA) is 80.6 Å². The van der Waals surface area contributed by atoms with Crippen LogP contribution >= 0.6 is 11.6 Å². The fourth-order valence-corrected chi connectivity index (χ4v) is 5.49. The van der Waals surface area contributed by atoms with Gasteiger partial charge < -0.3 is 14.6 Å². The van der Waals surface area contributed by atoms with Gasteiger partial charge in [0, 0.05) is 38.1 Å². The number of halogens is 1. The number of benzene rings is 2. The summed E-state index contributed by atoms with van der Waals surface area (Å²) in [5, 5.41) is 3.26. The van der Waals surface area contributed by atoms with Crippen molar-refractivity contribution >= 4 is 27.5 Å². The molecule has 3 aromatic rings. The highest BCUT2D eigenvalue weighted by atomic mass is 35.5. The number of amides is 1. The number of methoxy groups -OCH3 is 1. The van der Waals surface area contributed by atoms with E-state index in [-0.39, 0.29) is 17.3 Å². The minimum atomic E-state index is -3.45. The van der Waals surface area contributed by atoms with Gasteiger partial charge in [-0.25, -0.2) is 8.42 Å². The van der Waals surface area contributed by atoms with Crippen LogP contribution in [0.3, 0.4) is 0 Å². The molecule has 2 aromatic carbocycles. The Labute approximate surface area is 192 Å². The highest BCUT2D eigenvalue weighted by Gasteiger charge is 2.27. The molecule has 0 spiro atoms. The van der Waals surface area contributed by atoms with Crippen LogP contribution in [-0.4, -0.2) is 43.4 Å². The molecule has 7 nitrogen and oxygen atoms in total. The third-order valence-corrected chi connectivity index (χ3v) is 7.69. The molecule has 0 unspecified atom stereocenters. The summed E-state index contributed by atoms with van der Waals surface area (Å²) in [5.74, 6) is 0.0687. The van der Waals surface area contributed by atoms with Gasteiger partial charge in [-0.1, -0.05) is 23.7 Å². The molecule has 0 bridgehead atoms. The number of rotatable bonds is 7. The fraction of sp³-hybridized carbons (Fsp3) is 0.261. The second-order valence-corrected chi connectivity index (χ2v) is 9.88. The summed E-state index contributed by atoms with van der Waals surface area (Å²) < 4.78 is 34.0. The molecule has 32 heavy (non-hydrogen) atoms. The van der Waals surface area contributed by atoms with Crippen molar-refractivity contribution in [2.24, 2.45) is 0 Å². The lowest BCUT2D eigenvalue weighted by atomic mass is 10.1. The molecule has 2 heterocycles. The van der Waals surface area contributed by atoms with Crippen molar-refractivity contribution < 1.29 is 17.9 Å². The Hall–Kier alpha value is -2.81. The van der Waals surface area contributed by atoms with Crippen molar-refractivity contribution in [2.75, 3.05) is 20.2 Å². The molecular formula is C23H24ClN3O4S. The number of hydrogen-bond acceptors (Lipinski definition) is 4. The van der Waals surface area contributed by atoms with E-state index in [2.05, 4.69) is 5.32 Å². The van der Waals surface area contributed by atoms with Crippen LogP contribution in [0.25, 0.3) is 5.69 Å². The zero-order valence-corrected chi connectivity index (χ0v) is 19.2. The SMILES string of the molecule is COc1cc(-n2cccc2)c(Cl)cc1C(=O)NCc1ccc(S(=O)(=O)N2CCCC2)cc1. The summed E-state index contributed by atoms with van der Waals surface area (Å²) in [4.78, 5) is 13.1. The molecule has 1 aromatic heterocycles. The van der Waals surface area contributed by atoms with Crippen molar-refractivity contribution in [1.82, 2.24) is 14.2 Å². The Kier molecular flexibility index (Phi) is 6.55. The molecule has 1 fully saturated rings. The van der Waals surface area contributed by atoms with Gasteiger partial charge in [0.25, 0.3) is 5.91 Å². The molecule has 1 saturated heterocycles. The summed E-state index contributed by atoms with van der Waals surface area (Å²) >= 11 is 6.41. The number of carbonyl (C=O) groups excluding carboxylic acids is 1. The number of nitrogens with zero attached hydrogens (tertiary/aromatic N) is 2. The maximum atomic E-state index is 12.8. The van der Waals surface area contributed by atoms with Gasteiger partial charge in [-0.3, -0.25) is 4.79 Å². The number of aromatic nitrogens is 1. The Morgan fingerprint density at radius 2 is 1.75 bits per heavy atom. The summed E-state index contributed by atoms with van der Waals surface area (Å²) in [7, 11) is -1.95. The average Bonchev–Trinajstić information content (AvgIpc) is 3.52. The van der Waals surface area contributed by atoms with Crippen molar-refractivity contribution in [2.45, 2.75) is 24.3 Å². The van der Waals surface area contributed by atoms with Gasteiger partial charge in [-0.15, -0.1) is 0 Å². The van der Waals surface area contributed by atoms with Gasteiger partial charge in [-0.2, -0.15) is 4.31 Å². The van der Waals surface area contributed by atoms with Gasteiger partial charge in [-0.05, 0) is 48.7 Å². The number of sulfonamides is 1. The van der Waals surface area contributed by atoms with E-state index in [1.165, 1.54) is 11.4 Å². The van der Waals surface area contributed by atoms with Crippen molar-refractivity contribution in [3.8, 4) is 11.4 Å². The van der Waals surface area contributed by atoms with E-state index >= 15 is 0 Å². The molecule has 1 amide bonds. The highest BCUT2D eigenvalue weighted by Crippen LogP contribution is 2.30. The van der Waals surface area contributed by atoms with Crippen LogP contribution in [0.2, 0.25) is 5.02 Å². The van der Waals surface area contributed by atoms with Gasteiger partial charge in [0.05, 0.1) is 28.3 Å². The number of nitrogens with one attached hydrogen (secondary N) is 1. The van der Waals surface area contributed by atoms with E-state index < -0.39 is 10.0 Å². The van der Waals surface area contributed by atoms with E-state index in [4.69, 9.17) is 16.3 Å². The van der Waals surface area contributed by atoms with Crippen molar-refractivity contribution in [3.05, 3.63) is 77.1 Å². The minimum absolute atomic E-state index is 0.239. The van der Waals surface area contributed by atoms with Gasteiger partial charge >= 0.3 is 0 Å². The van der Waals surface area contributed by atoms with Crippen molar-refractivity contribution in [1.29, 1.82) is 0 Å². The summed E-state index contributed by atoms with van der Waals surface area (Å²) in [6, 6.07) is 13.6. The van der Waals surface area contributed by atoms with Crippen LogP contribution in [0, 0.1) is 0 Å². The van der Waals surface area contributed by atoms with E-state index in [0.29, 0.717) is 35.1 Å². The predicted octanol–water partition coefficient (Wildman–Crippen LogP) is 3.85. The number of carbonyl (C=O) groups is 1. The van der Waals surface area contributed by atoms with Gasteiger partial charge in [0.15, 0.2) is 0 Å². The first kappa shape index (κ1) is 22.4. The van der Waals surface area contributed by atoms with Crippen LogP contribution in [0.1, 0.15) is 28.8 Å². The number of hydrogen-bond donors (Lipinski definition) is 1. The Morgan fingerprint density at radius 3 is 2.38 bits per heavy atom. The lowest BCUT2D eigenvalue weighted by Crippen LogP contribution is -2.28. The standard InChI is InChI=1S/C23H24ClN3O4S/c1-31-22-15-21(26-10-2-3-11-26)20(24)14-19(22)23(28)25-16-17-6-8-18(9-7-17)32(29,30)27-12-4-5-13-27/h2-3,6-11,14-15H,4-5,12-13,16H2,1H3,(H,25,28). The maximum absolute atomic E-state index is 12.8. The second-order valence-electron chi connectivity index (χ2n) is 7.53. The van der Waals surface area contributed by atoms with Crippen LogP contribution in [0.5, 0.6) is 5.75 Å². The molecule has 1 aliphatic heterocycles. The first-order valence-corrected chi connectivity index (χ1v) is 12.1. The molecule has 4 rings (SSSR count). The van der Waals surface area contributed by atoms with Crippen LogP contribution in [0.15, 0.2) is 65.8 Å². The zero-order valence-electron chi connectivity index (χ0n) is 17.6. The number of ether oxygens (including phenoxy) is 1. The van der Waals surface area contributed by atoms with E-state index in [9.17, 15) is 13.2 Å². The van der Waals surface area contributed by atoms with Crippen molar-refractivity contribution in [3.63, 3.8) is 0 Å². The molecule has 9 heteroatoms. The van der Waals surface area contributed by atoms with Crippen LogP contribution < -0.4 is 10.1 Å². The molecule has 1 N–H and O–H groups in total. The quantitative estimate of drug-likeness (QED) is 0.565. The first-order chi connectivity index (χ1) is 15.4. The molecular weight excluding hydrogens is 450 g/mol. The Balaban J connectivity index is 1.46. The Morgan fingerprint density at radius 1 is 1.09 bits per heavy atom. The molecule has 168 valence electrons. The lowest BCUT2D eigenvalue weighted by molar-refractivity contribution is 0.0948. The summed E-state index contributed by atoms with van der Waals surface area (Å²) in [6.07, 6.45) is 5.49. The fourth-order valence-electron chi connectivity index (χ4n) is 3.72. The lowest BCUT2D eigenvalue weighted by Gasteiger charge is -2.16. The average molecular weight is 474 g/mol. The molecule has 0 atom stereocenters. The van der Waals surface area contributed by atoms with Crippen LogP contribution in [-0.2, 0) is 16.6 Å². The van der Waals surface area contributed by atoms with Crippen LogP contribution in [0.4, 0.5) is 0 Å². The predicted molar refractivity (Wildman–Crippen MR) is 123 cm³/mol. The Bertz CT molecular complexity index is 1200. The largest absolute Gasteiger partial charge is 0.496 e. The highest BCUT2D eigenvalue weighted by molar-refractivity contribution is 7.89. The van der Waals surface area contributed by atoms with E-state index in [1.54, 1.807) is 36.4 Å². The molecule has 0 saturated carbocycles.